The number of thiazole rings is 1. The Morgan fingerprint density at radius 1 is 1.39 bits per heavy atom. The number of aromatic amines is 1. The smallest absolute Gasteiger partial charge is 0.407 e. The van der Waals surface area contributed by atoms with Gasteiger partial charge in [-0.25, -0.2) is 9.78 Å². The summed E-state index contributed by atoms with van der Waals surface area (Å²) in [7, 11) is 0. The summed E-state index contributed by atoms with van der Waals surface area (Å²) in [6.45, 7) is 4.64. The van der Waals surface area contributed by atoms with Crippen molar-refractivity contribution < 1.29 is 14.3 Å². The minimum Gasteiger partial charge on any atom is -0.446 e. The van der Waals surface area contributed by atoms with E-state index in [1.807, 2.05) is 13.0 Å². The van der Waals surface area contributed by atoms with Gasteiger partial charge in [0.15, 0.2) is 5.82 Å². The lowest BCUT2D eigenvalue weighted by Gasteiger charge is -2.13. The van der Waals surface area contributed by atoms with E-state index in [-0.39, 0.29) is 24.0 Å². The van der Waals surface area contributed by atoms with Gasteiger partial charge in [0.2, 0.25) is 5.91 Å². The maximum atomic E-state index is 12.2. The van der Waals surface area contributed by atoms with Crippen LogP contribution in [0, 0.1) is 6.92 Å². The molecule has 2 aromatic heterocycles. The van der Waals surface area contributed by atoms with E-state index in [4.69, 9.17) is 4.74 Å². The Hall–Kier alpha value is -2.42. The summed E-state index contributed by atoms with van der Waals surface area (Å²) in [5.74, 6) is 0.650. The number of ether oxygens (including phenoxy) is 1. The first-order valence-corrected chi connectivity index (χ1v) is 10.6. The number of unbranched alkanes of at least 4 members (excludes halogenated alkanes) is 1. The van der Waals surface area contributed by atoms with Crippen LogP contribution in [0.5, 0.6) is 0 Å². The molecule has 0 aromatic carbocycles. The van der Waals surface area contributed by atoms with Crippen LogP contribution in [0.25, 0.3) is 0 Å². The second-order valence-corrected chi connectivity index (χ2v) is 8.42. The molecule has 0 aliphatic heterocycles. The van der Waals surface area contributed by atoms with E-state index in [2.05, 4.69) is 32.7 Å². The molecule has 2 atom stereocenters. The van der Waals surface area contributed by atoms with Crippen molar-refractivity contribution in [2.75, 3.05) is 11.9 Å². The highest BCUT2D eigenvalue weighted by molar-refractivity contribution is 7.11. The van der Waals surface area contributed by atoms with E-state index in [0.717, 1.165) is 47.7 Å². The number of rotatable bonds is 8. The van der Waals surface area contributed by atoms with Crippen molar-refractivity contribution in [1.82, 2.24) is 20.5 Å². The number of hydrogen-bond donors (Lipinski definition) is 3. The van der Waals surface area contributed by atoms with Crippen molar-refractivity contribution in [3.8, 4) is 0 Å². The first-order chi connectivity index (χ1) is 13.5. The lowest BCUT2D eigenvalue weighted by atomic mass is 10.0. The van der Waals surface area contributed by atoms with Gasteiger partial charge < -0.3 is 15.4 Å². The average molecular weight is 406 g/mol. The molecule has 1 aliphatic carbocycles. The minimum atomic E-state index is -0.338. The number of amides is 2. The summed E-state index contributed by atoms with van der Waals surface area (Å²) in [6.07, 6.45) is 6.10. The zero-order chi connectivity index (χ0) is 19.9. The van der Waals surface area contributed by atoms with Crippen LogP contribution >= 0.6 is 11.3 Å². The monoisotopic (exact) mass is 405 g/mol. The van der Waals surface area contributed by atoms with Crippen molar-refractivity contribution >= 4 is 29.2 Å². The highest BCUT2D eigenvalue weighted by Crippen LogP contribution is 2.35. The number of aromatic nitrogens is 3. The van der Waals surface area contributed by atoms with Crippen LogP contribution in [0.15, 0.2) is 12.3 Å². The molecule has 1 aliphatic rings. The fraction of sp³-hybridized carbons (Fsp3) is 0.579. The Bertz CT molecular complexity index is 803. The summed E-state index contributed by atoms with van der Waals surface area (Å²) >= 11 is 1.52. The number of alkyl carbamates (subject to hydrolysis) is 1. The van der Waals surface area contributed by atoms with Gasteiger partial charge in [0.05, 0.1) is 11.4 Å². The fourth-order valence-electron chi connectivity index (χ4n) is 3.33. The van der Waals surface area contributed by atoms with Gasteiger partial charge in [-0.3, -0.25) is 9.89 Å². The molecule has 152 valence electrons. The third kappa shape index (κ3) is 5.79. The topological polar surface area (TPSA) is 109 Å². The number of aryl methyl sites for hydroxylation is 1. The highest BCUT2D eigenvalue weighted by atomic mass is 32.1. The number of anilines is 1. The van der Waals surface area contributed by atoms with Gasteiger partial charge in [0.25, 0.3) is 0 Å². The molecule has 1 fully saturated rings. The summed E-state index contributed by atoms with van der Waals surface area (Å²) in [4.78, 5) is 29.0. The van der Waals surface area contributed by atoms with Gasteiger partial charge in [-0.15, -0.1) is 11.3 Å². The summed E-state index contributed by atoms with van der Waals surface area (Å²) in [5, 5.41) is 13.7. The minimum absolute atomic E-state index is 0.0810. The highest BCUT2D eigenvalue weighted by Gasteiger charge is 2.30. The zero-order valence-corrected chi connectivity index (χ0v) is 17.1. The maximum absolute atomic E-state index is 12.2. The van der Waals surface area contributed by atoms with Crippen molar-refractivity contribution in [1.29, 1.82) is 0 Å². The van der Waals surface area contributed by atoms with E-state index in [9.17, 15) is 9.59 Å². The summed E-state index contributed by atoms with van der Waals surface area (Å²) in [6, 6.07) is 1.87. The predicted molar refractivity (Wildman–Crippen MR) is 108 cm³/mol. The van der Waals surface area contributed by atoms with Crippen LogP contribution in [0.4, 0.5) is 10.6 Å². The Morgan fingerprint density at radius 2 is 2.25 bits per heavy atom. The van der Waals surface area contributed by atoms with Gasteiger partial charge in [0, 0.05) is 35.3 Å². The maximum Gasteiger partial charge on any atom is 0.407 e. The van der Waals surface area contributed by atoms with E-state index in [1.54, 1.807) is 6.20 Å². The number of nitrogens with zero attached hydrogens (tertiary/aromatic N) is 2. The van der Waals surface area contributed by atoms with E-state index in [0.29, 0.717) is 18.8 Å². The molecule has 9 heteroatoms. The summed E-state index contributed by atoms with van der Waals surface area (Å²) in [5.41, 5.74) is 0.960. The molecule has 3 rings (SSSR count). The molecule has 0 radical (unpaired) electrons. The molecule has 0 unspecified atom stereocenters. The standard InChI is InChI=1S/C19H27N5O3S/c1-3-4-7-20-19(26)27-14-6-5-13(8-14)16-10-17(24-23-16)22-18(25)9-15-11-21-12(2)28-15/h10-11,13-14H,3-9H2,1-2H3,(H,20,26)(H2,22,23,24,25)/t13-,14+/m0/s1. The molecule has 0 saturated heterocycles. The van der Waals surface area contributed by atoms with E-state index >= 15 is 0 Å². The lowest BCUT2D eigenvalue weighted by Crippen LogP contribution is -2.28. The molecule has 1 saturated carbocycles. The quantitative estimate of drug-likeness (QED) is 0.582. The second kappa shape index (κ2) is 9.68. The number of H-pyrrole nitrogens is 1. The molecule has 0 bridgehead atoms. The number of carbonyl (C=O) groups excluding carboxylic acids is 2. The number of hydrogen-bond acceptors (Lipinski definition) is 6. The molecular weight excluding hydrogens is 378 g/mol. The molecule has 3 N–H and O–H groups in total. The Morgan fingerprint density at radius 3 is 3.00 bits per heavy atom. The van der Waals surface area contributed by atoms with Crippen LogP contribution in [-0.2, 0) is 16.0 Å². The molecule has 28 heavy (non-hydrogen) atoms. The molecule has 0 spiro atoms. The molecule has 2 amide bonds. The predicted octanol–water partition coefficient (Wildman–Crippen LogP) is 3.52. The van der Waals surface area contributed by atoms with Crippen molar-refractivity contribution in [2.24, 2.45) is 0 Å². The Kier molecular flexibility index (Phi) is 7.02. The van der Waals surface area contributed by atoms with Gasteiger partial charge >= 0.3 is 6.09 Å². The molecule has 2 heterocycles. The van der Waals surface area contributed by atoms with Crippen LogP contribution in [-0.4, -0.2) is 39.8 Å². The largest absolute Gasteiger partial charge is 0.446 e. The number of nitrogens with one attached hydrogen (secondary N) is 3. The lowest BCUT2D eigenvalue weighted by molar-refractivity contribution is -0.115. The van der Waals surface area contributed by atoms with Crippen LogP contribution in [0.2, 0.25) is 0 Å². The fourth-order valence-corrected chi connectivity index (χ4v) is 4.13. The van der Waals surface area contributed by atoms with Crippen LogP contribution in [0.3, 0.4) is 0 Å². The molecular formula is C19H27N5O3S. The van der Waals surface area contributed by atoms with E-state index < -0.39 is 0 Å². The Labute approximate surface area is 168 Å². The van der Waals surface area contributed by atoms with E-state index in [1.165, 1.54) is 11.3 Å². The van der Waals surface area contributed by atoms with Gasteiger partial charge in [-0.1, -0.05) is 13.3 Å². The van der Waals surface area contributed by atoms with Gasteiger partial charge in [0.1, 0.15) is 6.10 Å². The Balaban J connectivity index is 1.45. The third-order valence-electron chi connectivity index (χ3n) is 4.77. The third-order valence-corrected chi connectivity index (χ3v) is 5.68. The first kappa shape index (κ1) is 20.3. The first-order valence-electron chi connectivity index (χ1n) is 9.74. The van der Waals surface area contributed by atoms with Gasteiger partial charge in [-0.05, 0) is 32.6 Å². The normalized spacial score (nSPS) is 18.8. The number of carbonyl (C=O) groups is 2. The van der Waals surface area contributed by atoms with Crippen LogP contribution < -0.4 is 10.6 Å². The second-order valence-electron chi connectivity index (χ2n) is 7.10. The van der Waals surface area contributed by atoms with Crippen LogP contribution in [0.1, 0.15) is 60.5 Å². The van der Waals surface area contributed by atoms with Gasteiger partial charge in [-0.2, -0.15) is 5.10 Å². The van der Waals surface area contributed by atoms with Crippen molar-refractivity contribution in [3.63, 3.8) is 0 Å². The molecule has 8 nitrogen and oxygen atoms in total. The SMILES string of the molecule is CCCCNC(=O)O[C@@H]1CC[C@H](c2cc(NC(=O)Cc3cnc(C)s3)n[nH]2)C1. The van der Waals surface area contributed by atoms with Crippen molar-refractivity contribution in [3.05, 3.63) is 27.8 Å². The zero-order valence-electron chi connectivity index (χ0n) is 16.3. The van der Waals surface area contributed by atoms with Crippen molar-refractivity contribution in [2.45, 2.75) is 64.4 Å². The average Bonchev–Trinajstić information content (AvgIpc) is 3.37. The summed E-state index contributed by atoms with van der Waals surface area (Å²) < 4.78 is 5.49. The molecule has 2 aromatic rings.